The molecule has 0 atom stereocenters. The molecule has 1 saturated heterocycles. The summed E-state index contributed by atoms with van der Waals surface area (Å²) in [7, 11) is 0. The van der Waals surface area contributed by atoms with Crippen molar-refractivity contribution >= 4 is 0 Å². The molecule has 5 nitrogen and oxygen atoms in total. The van der Waals surface area contributed by atoms with Gasteiger partial charge in [0.25, 0.3) is 0 Å². The number of hydrazine groups is 1. The van der Waals surface area contributed by atoms with Crippen LogP contribution in [0.3, 0.4) is 0 Å². The molecule has 1 aromatic rings. The molecule has 0 radical (unpaired) electrons. The average Bonchev–Trinajstić information content (AvgIpc) is 2.35. The van der Waals surface area contributed by atoms with E-state index in [-0.39, 0.29) is 17.7 Å². The van der Waals surface area contributed by atoms with E-state index in [0.29, 0.717) is 6.54 Å². The van der Waals surface area contributed by atoms with Crippen LogP contribution in [0.25, 0.3) is 0 Å². The van der Waals surface area contributed by atoms with Crippen LogP contribution in [0.15, 0.2) is 30.6 Å². The molecule has 1 fully saturated rings. The van der Waals surface area contributed by atoms with Gasteiger partial charge in [0.15, 0.2) is 0 Å². The van der Waals surface area contributed by atoms with Crippen LogP contribution >= 0.6 is 0 Å². The molecule has 1 aliphatic rings. The van der Waals surface area contributed by atoms with Gasteiger partial charge in [-0.25, -0.2) is 5.01 Å². The third-order valence-corrected chi connectivity index (χ3v) is 3.53. The predicted molar refractivity (Wildman–Crippen MR) is 81.9 cm³/mol. The third kappa shape index (κ3) is 4.83. The summed E-state index contributed by atoms with van der Waals surface area (Å²) in [5.74, 6) is 5.89. The first-order chi connectivity index (χ1) is 9.29. The van der Waals surface area contributed by atoms with Gasteiger partial charge in [-0.3, -0.25) is 15.7 Å². The molecule has 20 heavy (non-hydrogen) atoms. The second-order valence-electron chi connectivity index (χ2n) is 6.43. The van der Waals surface area contributed by atoms with Gasteiger partial charge in [0, 0.05) is 43.1 Å². The molecular formula is C15H28N4O. The van der Waals surface area contributed by atoms with Crippen LogP contribution in [-0.4, -0.2) is 57.3 Å². The summed E-state index contributed by atoms with van der Waals surface area (Å²) in [4.78, 5) is 6.12. The van der Waals surface area contributed by atoms with E-state index in [1.807, 2.05) is 23.2 Å². The highest BCUT2D eigenvalue weighted by Gasteiger charge is 2.43. The number of β-amino-alcohol motifs (C(OH)–C–C–N with tert-alkyl or cyclic N) is 1. The number of hydrogen-bond donors (Lipinski definition) is 2. The largest absolute Gasteiger partial charge is 0.395 e. The van der Waals surface area contributed by atoms with E-state index >= 15 is 0 Å². The van der Waals surface area contributed by atoms with Gasteiger partial charge >= 0.3 is 0 Å². The second-order valence-corrected chi connectivity index (χ2v) is 6.43. The number of pyridine rings is 1. The van der Waals surface area contributed by atoms with Crippen LogP contribution in [0.2, 0.25) is 0 Å². The Bertz CT molecular complexity index is 336. The van der Waals surface area contributed by atoms with Crippen molar-refractivity contribution in [1.29, 1.82) is 0 Å². The highest BCUT2D eigenvalue weighted by molar-refractivity contribution is 4.99. The highest BCUT2D eigenvalue weighted by atomic mass is 16.3. The topological polar surface area (TPSA) is 65.6 Å². The Labute approximate surface area is 122 Å². The second kappa shape index (κ2) is 7.13. The molecule has 5 heteroatoms. The maximum atomic E-state index is 9.06. The van der Waals surface area contributed by atoms with Crippen molar-refractivity contribution in [3.05, 3.63) is 30.6 Å². The molecular weight excluding hydrogens is 252 g/mol. The van der Waals surface area contributed by atoms with Crippen molar-refractivity contribution < 1.29 is 5.11 Å². The molecule has 0 unspecified atom stereocenters. The molecule has 0 saturated carbocycles. The summed E-state index contributed by atoms with van der Waals surface area (Å²) >= 11 is 0. The van der Waals surface area contributed by atoms with Crippen molar-refractivity contribution in [3.63, 3.8) is 0 Å². The summed E-state index contributed by atoms with van der Waals surface area (Å²) < 4.78 is 0. The van der Waals surface area contributed by atoms with Crippen LogP contribution < -0.4 is 5.84 Å². The Hall–Kier alpha value is -1.01. The number of piperazine rings is 1. The lowest BCUT2D eigenvalue weighted by atomic mass is 9.88. The Morgan fingerprint density at radius 1 is 1.05 bits per heavy atom. The van der Waals surface area contributed by atoms with Crippen molar-refractivity contribution in [1.82, 2.24) is 14.9 Å². The molecule has 3 N–H and O–H groups in total. The fourth-order valence-corrected chi connectivity index (χ4v) is 3.06. The number of hydrogen-bond acceptors (Lipinski definition) is 5. The molecule has 0 aromatic carbocycles. The van der Waals surface area contributed by atoms with E-state index in [4.69, 9.17) is 10.9 Å². The normalized spacial score (nSPS) is 21.9. The van der Waals surface area contributed by atoms with Gasteiger partial charge < -0.3 is 5.11 Å². The quantitative estimate of drug-likeness (QED) is 0.795. The van der Waals surface area contributed by atoms with Crippen LogP contribution in [0.5, 0.6) is 0 Å². The monoisotopic (exact) mass is 280 g/mol. The van der Waals surface area contributed by atoms with Gasteiger partial charge in [0.1, 0.15) is 0 Å². The van der Waals surface area contributed by atoms with E-state index in [0.717, 1.165) is 13.1 Å². The Kier molecular flexibility index (Phi) is 6.07. The van der Waals surface area contributed by atoms with Gasteiger partial charge in [-0.1, -0.05) is 6.07 Å². The molecule has 0 bridgehead atoms. The molecule has 0 spiro atoms. The van der Waals surface area contributed by atoms with E-state index in [9.17, 15) is 0 Å². The summed E-state index contributed by atoms with van der Waals surface area (Å²) in [6, 6.07) is 5.72. The lowest BCUT2D eigenvalue weighted by Crippen LogP contribution is -2.70. The lowest BCUT2D eigenvalue weighted by molar-refractivity contribution is -0.0752. The minimum absolute atomic E-state index is 0.0270. The molecule has 0 amide bonds. The first kappa shape index (κ1) is 17.0. The van der Waals surface area contributed by atoms with Crippen LogP contribution in [0, 0.1) is 0 Å². The van der Waals surface area contributed by atoms with Gasteiger partial charge in [-0.15, -0.1) is 0 Å². The zero-order valence-electron chi connectivity index (χ0n) is 13.1. The highest BCUT2D eigenvalue weighted by Crippen LogP contribution is 2.30. The van der Waals surface area contributed by atoms with Crippen molar-refractivity contribution in [2.24, 2.45) is 5.84 Å². The Morgan fingerprint density at radius 2 is 1.55 bits per heavy atom. The summed E-state index contributed by atoms with van der Waals surface area (Å²) in [6.07, 6.45) is 3.50. The van der Waals surface area contributed by atoms with Crippen LogP contribution in [-0.2, 0) is 0 Å². The summed E-state index contributed by atoms with van der Waals surface area (Å²) in [5, 5.41) is 10.9. The minimum atomic E-state index is 0.0270. The standard InChI is InChI=1S/C10H23N3O.C5H5N/c1-9(2)7-12(11)8-10(3,4)13(9)5-6-14;1-2-4-6-5-3-1/h14H,5-8,11H2,1-4H3;1-5H. The summed E-state index contributed by atoms with van der Waals surface area (Å²) in [6.45, 7) is 11.3. The number of aliphatic hydroxyl groups excluding tert-OH is 1. The SMILES string of the molecule is CC1(C)CN(N)CC(C)(C)N1CCO.c1ccncc1. The Morgan fingerprint density at radius 3 is 1.85 bits per heavy atom. The smallest absolute Gasteiger partial charge is 0.0558 e. The first-order valence-electron chi connectivity index (χ1n) is 7.03. The van der Waals surface area contributed by atoms with E-state index < -0.39 is 0 Å². The average molecular weight is 280 g/mol. The van der Waals surface area contributed by atoms with Crippen molar-refractivity contribution in [2.45, 2.75) is 38.8 Å². The van der Waals surface area contributed by atoms with Gasteiger partial charge in [0.05, 0.1) is 6.61 Å². The number of nitrogens with zero attached hydrogens (tertiary/aromatic N) is 3. The zero-order chi connectivity index (χ0) is 15.2. The van der Waals surface area contributed by atoms with Gasteiger partial charge in [0.2, 0.25) is 0 Å². The minimum Gasteiger partial charge on any atom is -0.395 e. The first-order valence-corrected chi connectivity index (χ1v) is 7.03. The molecule has 0 aliphatic carbocycles. The number of aromatic nitrogens is 1. The van der Waals surface area contributed by atoms with Crippen molar-refractivity contribution in [2.75, 3.05) is 26.2 Å². The van der Waals surface area contributed by atoms with Crippen LogP contribution in [0.1, 0.15) is 27.7 Å². The fourth-order valence-electron chi connectivity index (χ4n) is 3.06. The maximum absolute atomic E-state index is 9.06. The molecule has 1 aromatic heterocycles. The lowest BCUT2D eigenvalue weighted by Gasteiger charge is -2.55. The molecule has 1 aliphatic heterocycles. The third-order valence-electron chi connectivity index (χ3n) is 3.53. The zero-order valence-corrected chi connectivity index (χ0v) is 13.1. The Balaban J connectivity index is 0.000000276. The van der Waals surface area contributed by atoms with E-state index in [1.54, 1.807) is 12.4 Å². The van der Waals surface area contributed by atoms with Crippen LogP contribution in [0.4, 0.5) is 0 Å². The summed E-state index contributed by atoms with van der Waals surface area (Å²) in [5.41, 5.74) is 0.0540. The fraction of sp³-hybridized carbons (Fsp3) is 0.667. The molecule has 2 rings (SSSR count). The number of aliphatic hydroxyl groups is 1. The molecule has 114 valence electrons. The van der Waals surface area contributed by atoms with Gasteiger partial charge in [-0.2, -0.15) is 0 Å². The predicted octanol–water partition coefficient (Wildman–Crippen LogP) is 1.11. The number of rotatable bonds is 2. The molecule has 2 heterocycles. The maximum Gasteiger partial charge on any atom is 0.0558 e. The van der Waals surface area contributed by atoms with Gasteiger partial charge in [-0.05, 0) is 39.8 Å². The van der Waals surface area contributed by atoms with Crippen molar-refractivity contribution in [3.8, 4) is 0 Å². The van der Waals surface area contributed by atoms with E-state index in [1.165, 1.54) is 0 Å². The number of nitrogens with two attached hydrogens (primary N) is 1. The van der Waals surface area contributed by atoms with E-state index in [2.05, 4.69) is 37.6 Å².